The Hall–Kier alpha value is -1.52. The molecule has 0 aliphatic carbocycles. The number of nitrogens with zero attached hydrogens (tertiary/aromatic N) is 2. The molecule has 0 saturated heterocycles. The van der Waals surface area contributed by atoms with Gasteiger partial charge in [-0.2, -0.15) is 0 Å². The van der Waals surface area contributed by atoms with Gasteiger partial charge in [0.15, 0.2) is 16.7 Å². The second-order valence-electron chi connectivity index (χ2n) is 4.46. The van der Waals surface area contributed by atoms with Crippen LogP contribution in [-0.2, 0) is 0 Å². The van der Waals surface area contributed by atoms with Gasteiger partial charge in [0.1, 0.15) is 0 Å². The second-order valence-corrected chi connectivity index (χ2v) is 5.25. The van der Waals surface area contributed by atoms with Crippen molar-refractivity contribution in [1.82, 2.24) is 10.2 Å². The number of hydrogen-bond acceptors (Lipinski definition) is 4. The molecule has 0 amide bonds. The lowest BCUT2D eigenvalue weighted by Crippen LogP contribution is -1.99. The van der Waals surface area contributed by atoms with Crippen LogP contribution in [0.2, 0.25) is 10.2 Å². The van der Waals surface area contributed by atoms with Gasteiger partial charge in [-0.3, -0.25) is 0 Å². The molecule has 0 fully saturated rings. The van der Waals surface area contributed by atoms with E-state index < -0.39 is 0 Å². The van der Waals surface area contributed by atoms with Crippen molar-refractivity contribution in [3.63, 3.8) is 0 Å². The van der Waals surface area contributed by atoms with E-state index in [1.165, 1.54) is 13.2 Å². The summed E-state index contributed by atoms with van der Waals surface area (Å²) in [7, 11) is 1.51. The lowest BCUT2D eigenvalue weighted by atomic mass is 10.0. The maximum Gasteiger partial charge on any atom is 0.281 e. The number of aromatic nitrogens is 2. The average molecular weight is 313 g/mol. The number of rotatable bonds is 4. The minimum Gasteiger partial charge on any atom is -0.491 e. The summed E-state index contributed by atoms with van der Waals surface area (Å²) in [6.45, 7) is 4.12. The number of halogens is 2. The molecule has 0 bridgehead atoms. The van der Waals surface area contributed by atoms with E-state index in [1.807, 2.05) is 12.1 Å². The molecular formula is C14H14Cl2N2O2. The molecule has 0 spiro atoms. The highest BCUT2D eigenvalue weighted by Crippen LogP contribution is 2.38. The number of para-hydroxylation sites is 1. The predicted octanol–water partition coefficient (Wildman–Crippen LogP) is 4.71. The van der Waals surface area contributed by atoms with Gasteiger partial charge in [0.05, 0.1) is 12.1 Å². The molecule has 0 radical (unpaired) electrons. The zero-order valence-corrected chi connectivity index (χ0v) is 12.9. The number of methoxy groups -OCH3 is 1. The highest BCUT2D eigenvalue weighted by Gasteiger charge is 2.16. The lowest BCUT2D eigenvalue weighted by molar-refractivity contribution is 0.363. The zero-order chi connectivity index (χ0) is 14.7. The Kier molecular flexibility index (Phi) is 4.68. The number of benzene rings is 1. The second kappa shape index (κ2) is 6.29. The molecule has 0 unspecified atom stereocenters. The van der Waals surface area contributed by atoms with Crippen molar-refractivity contribution >= 4 is 23.2 Å². The third kappa shape index (κ3) is 3.14. The summed E-state index contributed by atoms with van der Waals surface area (Å²) >= 11 is 12.0. The van der Waals surface area contributed by atoms with Crippen LogP contribution in [0.3, 0.4) is 0 Å². The van der Waals surface area contributed by atoms with Gasteiger partial charge >= 0.3 is 0 Å². The molecule has 6 heteroatoms. The molecule has 0 saturated carbocycles. The van der Waals surface area contributed by atoms with Gasteiger partial charge in [0, 0.05) is 6.07 Å². The fourth-order valence-electron chi connectivity index (χ4n) is 1.74. The van der Waals surface area contributed by atoms with Crippen molar-refractivity contribution < 1.29 is 9.47 Å². The Bertz CT molecular complexity index is 618. The van der Waals surface area contributed by atoms with Gasteiger partial charge in [-0.1, -0.05) is 49.2 Å². The van der Waals surface area contributed by atoms with Crippen molar-refractivity contribution in [1.29, 1.82) is 0 Å². The fraction of sp³-hybridized carbons (Fsp3) is 0.286. The Morgan fingerprint density at radius 1 is 1.15 bits per heavy atom. The summed E-state index contributed by atoms with van der Waals surface area (Å²) in [5.41, 5.74) is 0.983. The molecule has 1 heterocycles. The molecule has 0 N–H and O–H groups in total. The molecular weight excluding hydrogens is 299 g/mol. The van der Waals surface area contributed by atoms with Crippen LogP contribution in [0.25, 0.3) is 0 Å². The Labute approximate surface area is 127 Å². The normalized spacial score (nSPS) is 10.7. The van der Waals surface area contributed by atoms with E-state index in [4.69, 9.17) is 32.7 Å². The standard InChI is InChI=1S/C14H14Cl2N2O2/c1-8(2)9-5-4-6-10(15)13(9)20-14-11(19-3)7-12(16)17-18-14/h4-8H,1-3H3. The summed E-state index contributed by atoms with van der Waals surface area (Å²) < 4.78 is 11.0. The van der Waals surface area contributed by atoms with E-state index in [2.05, 4.69) is 24.0 Å². The Morgan fingerprint density at radius 2 is 1.90 bits per heavy atom. The first-order chi connectivity index (χ1) is 9.52. The van der Waals surface area contributed by atoms with Crippen LogP contribution in [0.15, 0.2) is 24.3 Å². The highest BCUT2D eigenvalue weighted by atomic mass is 35.5. The number of hydrogen-bond donors (Lipinski definition) is 0. The van der Waals surface area contributed by atoms with Crippen LogP contribution < -0.4 is 9.47 Å². The van der Waals surface area contributed by atoms with E-state index >= 15 is 0 Å². The van der Waals surface area contributed by atoms with E-state index in [9.17, 15) is 0 Å². The van der Waals surface area contributed by atoms with Crippen LogP contribution >= 0.6 is 23.2 Å². The van der Waals surface area contributed by atoms with Gasteiger partial charge in [0.2, 0.25) is 0 Å². The van der Waals surface area contributed by atoms with Gasteiger partial charge in [-0.25, -0.2) is 0 Å². The summed E-state index contributed by atoms with van der Waals surface area (Å²) in [4.78, 5) is 0. The molecule has 2 rings (SSSR count). The molecule has 0 aliphatic heterocycles. The van der Waals surface area contributed by atoms with Crippen molar-refractivity contribution in [2.45, 2.75) is 19.8 Å². The van der Waals surface area contributed by atoms with Gasteiger partial charge in [-0.15, -0.1) is 10.2 Å². The Morgan fingerprint density at radius 3 is 2.55 bits per heavy atom. The summed E-state index contributed by atoms with van der Waals surface area (Å²) in [5.74, 6) is 1.44. The summed E-state index contributed by atoms with van der Waals surface area (Å²) in [6, 6.07) is 7.14. The maximum absolute atomic E-state index is 6.21. The minimum atomic E-state index is 0.229. The predicted molar refractivity (Wildman–Crippen MR) is 79.2 cm³/mol. The lowest BCUT2D eigenvalue weighted by Gasteiger charge is -2.15. The molecule has 4 nitrogen and oxygen atoms in total. The molecule has 2 aromatic rings. The monoisotopic (exact) mass is 312 g/mol. The number of ether oxygens (including phenoxy) is 2. The van der Waals surface area contributed by atoms with E-state index in [0.717, 1.165) is 5.56 Å². The zero-order valence-electron chi connectivity index (χ0n) is 11.4. The maximum atomic E-state index is 6.21. The van der Waals surface area contributed by atoms with Crippen LogP contribution in [0.5, 0.6) is 17.4 Å². The summed E-state index contributed by atoms with van der Waals surface area (Å²) in [5, 5.41) is 8.40. The van der Waals surface area contributed by atoms with Crippen molar-refractivity contribution in [2.24, 2.45) is 0 Å². The van der Waals surface area contributed by atoms with Crippen LogP contribution in [0.4, 0.5) is 0 Å². The van der Waals surface area contributed by atoms with Crippen LogP contribution in [0, 0.1) is 0 Å². The topological polar surface area (TPSA) is 44.2 Å². The fourth-order valence-corrected chi connectivity index (χ4v) is 2.10. The summed E-state index contributed by atoms with van der Waals surface area (Å²) in [6.07, 6.45) is 0. The highest BCUT2D eigenvalue weighted by molar-refractivity contribution is 6.32. The van der Waals surface area contributed by atoms with E-state index in [0.29, 0.717) is 16.5 Å². The van der Waals surface area contributed by atoms with Gasteiger partial charge < -0.3 is 9.47 Å². The molecule has 106 valence electrons. The van der Waals surface area contributed by atoms with E-state index in [1.54, 1.807) is 6.07 Å². The smallest absolute Gasteiger partial charge is 0.281 e. The quantitative estimate of drug-likeness (QED) is 0.820. The first-order valence-corrected chi connectivity index (χ1v) is 6.82. The SMILES string of the molecule is COc1cc(Cl)nnc1Oc1c(Cl)cccc1C(C)C. The first-order valence-electron chi connectivity index (χ1n) is 6.06. The first kappa shape index (κ1) is 14.9. The van der Waals surface area contributed by atoms with Gasteiger partial charge in [-0.05, 0) is 17.5 Å². The van der Waals surface area contributed by atoms with Crippen molar-refractivity contribution in [3.05, 3.63) is 40.0 Å². The van der Waals surface area contributed by atoms with Gasteiger partial charge in [0.25, 0.3) is 5.88 Å². The largest absolute Gasteiger partial charge is 0.491 e. The van der Waals surface area contributed by atoms with Crippen LogP contribution in [0.1, 0.15) is 25.3 Å². The van der Waals surface area contributed by atoms with Crippen molar-refractivity contribution in [2.75, 3.05) is 7.11 Å². The minimum absolute atomic E-state index is 0.229. The third-order valence-electron chi connectivity index (χ3n) is 2.74. The molecule has 1 aromatic carbocycles. The third-order valence-corrected chi connectivity index (χ3v) is 3.22. The molecule has 20 heavy (non-hydrogen) atoms. The molecule has 1 aromatic heterocycles. The Balaban J connectivity index is 2.45. The average Bonchev–Trinajstić information content (AvgIpc) is 2.42. The molecule has 0 atom stereocenters. The molecule has 0 aliphatic rings. The van der Waals surface area contributed by atoms with Crippen molar-refractivity contribution in [3.8, 4) is 17.4 Å². The van der Waals surface area contributed by atoms with E-state index in [-0.39, 0.29) is 17.0 Å². The van der Waals surface area contributed by atoms with Crippen LogP contribution in [-0.4, -0.2) is 17.3 Å².